The lowest BCUT2D eigenvalue weighted by atomic mass is 9.63. The van der Waals surface area contributed by atoms with Crippen molar-refractivity contribution in [3.05, 3.63) is 369 Å². The molecule has 0 fully saturated rings. The molecule has 12 aromatic carbocycles. The summed E-state index contributed by atoms with van der Waals surface area (Å²) in [4.78, 5) is 5.75. The molecule has 91 heavy (non-hydrogen) atoms. The van der Waals surface area contributed by atoms with E-state index in [2.05, 4.69) is 201 Å². The fourth-order valence-corrected chi connectivity index (χ4v) is 18.9. The van der Waals surface area contributed by atoms with Gasteiger partial charge in [-0.15, -0.1) is 0 Å². The van der Waals surface area contributed by atoms with Gasteiger partial charge in [0.15, 0.2) is 0 Å². The molecule has 10 heteroatoms. The van der Waals surface area contributed by atoms with Crippen molar-refractivity contribution in [3.63, 3.8) is 0 Å². The highest BCUT2D eigenvalue weighted by Gasteiger charge is 2.52. The summed E-state index contributed by atoms with van der Waals surface area (Å²) in [5, 5.41) is 10.5. The fraction of sp³-hybridized carbons (Fsp3) is 0.0988. The molecule has 12 aromatic rings. The van der Waals surface area contributed by atoms with Crippen LogP contribution < -0.4 is 9.80 Å². The predicted molar refractivity (Wildman–Crippen MR) is 364 cm³/mol. The molecule has 0 spiro atoms. The normalized spacial score (nSPS) is 18.5. The third-order valence-corrected chi connectivity index (χ3v) is 23.3. The molecule has 0 aromatic heterocycles. The maximum absolute atomic E-state index is 14.2. The maximum Gasteiger partial charge on any atom is 0.207 e. The van der Waals surface area contributed by atoms with Gasteiger partial charge in [-0.3, -0.25) is 0 Å². The van der Waals surface area contributed by atoms with Crippen molar-refractivity contribution in [1.29, 1.82) is 5.26 Å². The summed E-state index contributed by atoms with van der Waals surface area (Å²) in [5.74, 6) is 0. The maximum atomic E-state index is 14.2. The minimum absolute atomic E-state index is 0.224. The van der Waals surface area contributed by atoms with Crippen LogP contribution in [-0.4, -0.2) is 16.8 Å². The molecular weight excluding hydrogens is 1180 g/mol. The van der Waals surface area contributed by atoms with Crippen LogP contribution in [0.5, 0.6) is 0 Å². The molecule has 0 amide bonds. The van der Waals surface area contributed by atoms with Crippen LogP contribution in [0.1, 0.15) is 100 Å². The highest BCUT2D eigenvalue weighted by Crippen LogP contribution is 2.60. The number of sulfone groups is 2. The van der Waals surface area contributed by atoms with Crippen LogP contribution in [0.25, 0.3) is 0 Å². The van der Waals surface area contributed by atoms with E-state index in [1.54, 1.807) is 54.6 Å². The van der Waals surface area contributed by atoms with Crippen molar-refractivity contribution >= 4 is 65.4 Å². The average molecular weight is 1240 g/mol. The summed E-state index contributed by atoms with van der Waals surface area (Å²) >= 11 is 6.70. The number of nitrogens with zero attached hydrogens (tertiary/aromatic N) is 3. The number of anilines is 6. The monoisotopic (exact) mass is 1240 g/mol. The van der Waals surface area contributed by atoms with Gasteiger partial charge >= 0.3 is 0 Å². The Morgan fingerprint density at radius 1 is 0.319 bits per heavy atom. The van der Waals surface area contributed by atoms with Crippen molar-refractivity contribution in [2.24, 2.45) is 0 Å². The number of hydrogen-bond donors (Lipinski definition) is 0. The van der Waals surface area contributed by atoms with Crippen molar-refractivity contribution < 1.29 is 16.8 Å². The van der Waals surface area contributed by atoms with Gasteiger partial charge in [-0.2, -0.15) is 5.26 Å². The van der Waals surface area contributed by atoms with E-state index in [1.165, 1.54) is 11.1 Å². The van der Waals surface area contributed by atoms with E-state index in [4.69, 9.17) is 11.6 Å². The molecule has 0 N–H and O–H groups in total. The molecule has 0 saturated heterocycles. The summed E-state index contributed by atoms with van der Waals surface area (Å²) in [6.45, 7) is 9.06. The molecule has 0 bridgehead atoms. The van der Waals surface area contributed by atoms with Gasteiger partial charge in [0.2, 0.25) is 19.7 Å². The van der Waals surface area contributed by atoms with E-state index in [9.17, 15) is 22.1 Å². The Morgan fingerprint density at radius 3 is 1.09 bits per heavy atom. The molecule has 442 valence electrons. The summed E-state index contributed by atoms with van der Waals surface area (Å²) in [6.07, 6.45) is 0. The molecule has 0 radical (unpaired) electrons. The Labute approximate surface area is 537 Å². The van der Waals surface area contributed by atoms with Gasteiger partial charge in [-0.1, -0.05) is 233 Å². The van der Waals surface area contributed by atoms with Crippen LogP contribution in [0, 0.1) is 11.3 Å². The third-order valence-electron chi connectivity index (χ3n) is 19.4. The molecular formula is C81H60ClN3O4S2. The highest BCUT2D eigenvalue weighted by molar-refractivity contribution is 7.92. The zero-order chi connectivity index (χ0) is 62.7. The first-order chi connectivity index (χ1) is 44.0. The Bertz CT molecular complexity index is 5210. The summed E-state index contributed by atoms with van der Waals surface area (Å²) < 4.78 is 56.8. The Hall–Kier alpha value is -10.1. The van der Waals surface area contributed by atoms with Gasteiger partial charge < -0.3 is 9.80 Å². The standard InChI is InChI=1S/C41H30N2O2S.C40H30ClNO2S/c1-40(2)32-17-9-11-19-36(32)43(31-15-7-4-8-16-31)37-23-22-30(26-34(37)40)41(29-13-5-3-6-14-29)33-18-10-12-20-38(33)46(44,45)39-24-21-28(27-42)25-35(39)41;1-39(2)31-17-9-11-19-35(31)42(30-15-7-4-8-16-30)36-23-21-28(25-33(36)39)40(27-13-5-3-6-14-27)32-18-10-12-20-37(32)45(43,44)38-24-22-29(41)26-34(38)40/h3-26H,1-2H3;3-26H,1-2H3. The molecule has 0 saturated carbocycles. The minimum Gasteiger partial charge on any atom is -0.310 e. The van der Waals surface area contributed by atoms with Crippen LogP contribution in [0.2, 0.25) is 5.02 Å². The van der Waals surface area contributed by atoms with Gasteiger partial charge in [0, 0.05) is 27.2 Å². The predicted octanol–water partition coefficient (Wildman–Crippen LogP) is 19.2. The van der Waals surface area contributed by atoms with Gasteiger partial charge in [-0.05, 0) is 164 Å². The minimum atomic E-state index is -3.86. The van der Waals surface area contributed by atoms with Crippen LogP contribution in [0.15, 0.2) is 311 Å². The Balaban J connectivity index is 0.000000151. The van der Waals surface area contributed by atoms with Crippen LogP contribution in [0.3, 0.4) is 0 Å². The quantitative estimate of drug-likeness (QED) is 0.164. The lowest BCUT2D eigenvalue weighted by Gasteiger charge is -2.45. The second-order valence-electron chi connectivity index (χ2n) is 24.8. The summed E-state index contributed by atoms with van der Waals surface area (Å²) in [7, 11) is -7.65. The summed E-state index contributed by atoms with van der Waals surface area (Å²) in [6, 6.07) is 98.7. The second kappa shape index (κ2) is 21.3. The molecule has 16 rings (SSSR count). The van der Waals surface area contributed by atoms with Gasteiger partial charge in [0.25, 0.3) is 0 Å². The zero-order valence-electron chi connectivity index (χ0n) is 50.4. The number of fused-ring (bicyclic) bond motifs is 8. The SMILES string of the molecule is CC1(C)c2ccccc2N(c2ccccc2)c2ccc(C3(c4ccccc4)c4ccccc4S(=O)(=O)c4ccc(C#N)cc43)cc21.CC1(C)c2ccccc2N(c2ccccc2)c2ccc(C3(c4ccccc4)c4ccccc4S(=O)(=O)c4ccc(Cl)cc43)cc21. The molecule has 2 unspecified atom stereocenters. The molecule has 7 nitrogen and oxygen atoms in total. The first kappa shape index (κ1) is 57.4. The van der Waals surface area contributed by atoms with E-state index in [-0.39, 0.29) is 25.5 Å². The zero-order valence-corrected chi connectivity index (χ0v) is 52.8. The number of hydrogen-bond acceptors (Lipinski definition) is 7. The van der Waals surface area contributed by atoms with Crippen LogP contribution in [-0.2, 0) is 41.3 Å². The van der Waals surface area contributed by atoms with Crippen molar-refractivity contribution in [2.75, 3.05) is 9.80 Å². The van der Waals surface area contributed by atoms with Gasteiger partial charge in [0.05, 0.1) is 64.8 Å². The highest BCUT2D eigenvalue weighted by atomic mass is 35.5. The van der Waals surface area contributed by atoms with E-state index < -0.39 is 30.5 Å². The number of nitriles is 1. The van der Waals surface area contributed by atoms with Crippen LogP contribution >= 0.6 is 11.6 Å². The number of halogens is 1. The van der Waals surface area contributed by atoms with Gasteiger partial charge in [-0.25, -0.2) is 16.8 Å². The van der Waals surface area contributed by atoms with E-state index in [0.717, 1.165) is 73.1 Å². The van der Waals surface area contributed by atoms with Crippen LogP contribution in [0.4, 0.5) is 34.1 Å². The molecule has 0 aliphatic carbocycles. The number of benzene rings is 12. The molecule has 2 atom stereocenters. The largest absolute Gasteiger partial charge is 0.310 e. The lowest BCUT2D eigenvalue weighted by molar-refractivity contribution is 0.576. The Kier molecular flexibility index (Phi) is 13.4. The Morgan fingerprint density at radius 2 is 0.659 bits per heavy atom. The first-order valence-corrected chi connectivity index (χ1v) is 33.7. The van der Waals surface area contributed by atoms with Crippen molar-refractivity contribution in [3.8, 4) is 6.07 Å². The summed E-state index contributed by atoms with van der Waals surface area (Å²) in [5.41, 5.74) is 15.6. The third kappa shape index (κ3) is 8.43. The topological polar surface area (TPSA) is 98.5 Å². The van der Waals surface area contributed by atoms with E-state index in [1.807, 2.05) is 78.9 Å². The van der Waals surface area contributed by atoms with E-state index >= 15 is 0 Å². The average Bonchev–Trinajstić information content (AvgIpc) is 0.695. The van der Waals surface area contributed by atoms with Crippen molar-refractivity contribution in [1.82, 2.24) is 0 Å². The number of rotatable bonds is 6. The number of para-hydroxylation sites is 4. The second-order valence-corrected chi connectivity index (χ2v) is 29.0. The van der Waals surface area contributed by atoms with Crippen molar-refractivity contribution in [2.45, 2.75) is 68.9 Å². The molecule has 4 heterocycles. The molecule has 4 aliphatic rings. The molecule has 4 aliphatic heterocycles. The van der Waals surface area contributed by atoms with Gasteiger partial charge in [0.1, 0.15) is 0 Å². The smallest absolute Gasteiger partial charge is 0.207 e. The lowest BCUT2D eigenvalue weighted by Crippen LogP contribution is -2.38. The first-order valence-electron chi connectivity index (χ1n) is 30.4. The van der Waals surface area contributed by atoms with E-state index in [0.29, 0.717) is 32.2 Å². The fourth-order valence-electron chi connectivity index (χ4n) is 15.2.